The van der Waals surface area contributed by atoms with Gasteiger partial charge in [0.1, 0.15) is 5.60 Å². The van der Waals surface area contributed by atoms with E-state index in [1.165, 1.54) is 0 Å². The van der Waals surface area contributed by atoms with Crippen LogP contribution < -0.4 is 5.32 Å². The van der Waals surface area contributed by atoms with E-state index in [2.05, 4.69) is 5.32 Å². The number of rotatable bonds is 4. The summed E-state index contributed by atoms with van der Waals surface area (Å²) in [5.41, 5.74) is -0.459. The number of nitrogens with zero attached hydrogens (tertiary/aromatic N) is 1. The Balaban J connectivity index is 1.71. The van der Waals surface area contributed by atoms with E-state index in [9.17, 15) is 13.2 Å². The molecule has 0 bridgehead atoms. The van der Waals surface area contributed by atoms with E-state index in [1.807, 2.05) is 20.8 Å². The van der Waals surface area contributed by atoms with Crippen molar-refractivity contribution in [3.8, 4) is 0 Å². The minimum atomic E-state index is -2.82. The van der Waals surface area contributed by atoms with Gasteiger partial charge < -0.3 is 15.0 Å². The fourth-order valence-corrected chi connectivity index (χ4v) is 4.95. The second-order valence-corrected chi connectivity index (χ2v) is 10.0. The van der Waals surface area contributed by atoms with Gasteiger partial charge in [0.05, 0.1) is 11.5 Å². The number of sulfone groups is 1. The molecule has 2 aliphatic rings. The molecule has 0 spiro atoms. The van der Waals surface area contributed by atoms with Crippen molar-refractivity contribution in [3.05, 3.63) is 0 Å². The smallest absolute Gasteiger partial charge is 0.410 e. The van der Waals surface area contributed by atoms with Gasteiger partial charge in [0.2, 0.25) is 0 Å². The van der Waals surface area contributed by atoms with Crippen molar-refractivity contribution in [2.45, 2.75) is 58.1 Å². The van der Waals surface area contributed by atoms with E-state index in [0.29, 0.717) is 11.7 Å². The van der Waals surface area contributed by atoms with E-state index >= 15 is 0 Å². The monoisotopic (exact) mass is 346 g/mol. The first-order valence-electron chi connectivity index (χ1n) is 8.56. The third kappa shape index (κ3) is 6.30. The predicted molar refractivity (Wildman–Crippen MR) is 90.2 cm³/mol. The third-order valence-corrected chi connectivity index (χ3v) is 6.16. The maximum Gasteiger partial charge on any atom is 0.410 e. The number of hydrogen-bond acceptors (Lipinski definition) is 5. The Morgan fingerprint density at radius 3 is 2.65 bits per heavy atom. The minimum absolute atomic E-state index is 0.102. The summed E-state index contributed by atoms with van der Waals surface area (Å²) in [4.78, 5) is 13.9. The molecular weight excluding hydrogens is 316 g/mol. The maximum atomic E-state index is 12.1. The fraction of sp³-hybridized carbons (Fsp3) is 0.938. The number of hydrogen-bond donors (Lipinski definition) is 1. The maximum absolute atomic E-state index is 12.1. The molecule has 23 heavy (non-hydrogen) atoms. The first kappa shape index (κ1) is 18.5. The second-order valence-electron chi connectivity index (χ2n) is 7.78. The molecule has 2 rings (SSSR count). The molecule has 2 aliphatic heterocycles. The van der Waals surface area contributed by atoms with Crippen LogP contribution in [0, 0.1) is 5.92 Å². The Morgan fingerprint density at radius 1 is 1.30 bits per heavy atom. The third-order valence-electron chi connectivity index (χ3n) is 4.39. The van der Waals surface area contributed by atoms with Crippen LogP contribution in [0.4, 0.5) is 4.79 Å². The fourth-order valence-electron chi connectivity index (χ4n) is 3.24. The molecule has 0 aromatic carbocycles. The minimum Gasteiger partial charge on any atom is -0.444 e. The Bertz CT molecular complexity index is 513. The highest BCUT2D eigenvalue weighted by Gasteiger charge is 2.29. The molecule has 2 saturated heterocycles. The van der Waals surface area contributed by atoms with E-state index in [4.69, 9.17) is 4.74 Å². The molecule has 0 aromatic heterocycles. The summed E-state index contributed by atoms with van der Waals surface area (Å²) >= 11 is 0. The van der Waals surface area contributed by atoms with Gasteiger partial charge in [-0.15, -0.1) is 0 Å². The summed E-state index contributed by atoms with van der Waals surface area (Å²) in [5, 5.41) is 3.35. The zero-order valence-corrected chi connectivity index (χ0v) is 15.3. The lowest BCUT2D eigenvalue weighted by atomic mass is 9.95. The van der Waals surface area contributed by atoms with Crippen molar-refractivity contribution in [2.24, 2.45) is 5.92 Å². The van der Waals surface area contributed by atoms with Crippen molar-refractivity contribution in [2.75, 3.05) is 31.1 Å². The molecule has 134 valence electrons. The Kier molecular flexibility index (Phi) is 5.94. The molecule has 7 heteroatoms. The van der Waals surface area contributed by atoms with Crippen LogP contribution in [0.15, 0.2) is 0 Å². The summed E-state index contributed by atoms with van der Waals surface area (Å²) in [6, 6.07) is 0.102. The van der Waals surface area contributed by atoms with Crippen LogP contribution in [0.25, 0.3) is 0 Å². The van der Waals surface area contributed by atoms with E-state index in [-0.39, 0.29) is 17.9 Å². The quantitative estimate of drug-likeness (QED) is 0.840. The van der Waals surface area contributed by atoms with E-state index in [0.717, 1.165) is 45.3 Å². The second kappa shape index (κ2) is 7.38. The lowest BCUT2D eigenvalue weighted by molar-refractivity contribution is 0.0161. The van der Waals surface area contributed by atoms with Crippen LogP contribution in [0.5, 0.6) is 0 Å². The van der Waals surface area contributed by atoms with Gasteiger partial charge in [0.15, 0.2) is 9.84 Å². The van der Waals surface area contributed by atoms with Crippen LogP contribution in [0.3, 0.4) is 0 Å². The number of carbonyl (C=O) groups excluding carboxylic acids is 1. The van der Waals surface area contributed by atoms with Gasteiger partial charge in [-0.1, -0.05) is 0 Å². The number of piperidine rings is 1. The van der Waals surface area contributed by atoms with Crippen LogP contribution in [0.2, 0.25) is 0 Å². The van der Waals surface area contributed by atoms with Gasteiger partial charge in [-0.05, 0) is 58.9 Å². The SMILES string of the molecule is CC(C)(C)OC(=O)N1CCCC(CCNC2CCS(=O)(=O)C2)C1. The first-order chi connectivity index (χ1) is 10.6. The largest absolute Gasteiger partial charge is 0.444 e. The Morgan fingerprint density at radius 2 is 2.04 bits per heavy atom. The van der Waals surface area contributed by atoms with Gasteiger partial charge in [-0.25, -0.2) is 13.2 Å². The summed E-state index contributed by atoms with van der Waals surface area (Å²) in [6.45, 7) is 7.95. The van der Waals surface area contributed by atoms with Crippen LogP contribution in [-0.2, 0) is 14.6 Å². The molecule has 2 unspecified atom stereocenters. The normalized spacial score (nSPS) is 27.9. The molecular formula is C16H30N2O4S. The van der Waals surface area contributed by atoms with Crippen LogP contribution in [0.1, 0.15) is 46.5 Å². The molecule has 2 heterocycles. The average Bonchev–Trinajstić information content (AvgIpc) is 2.77. The number of carbonyl (C=O) groups is 1. The van der Waals surface area contributed by atoms with Gasteiger partial charge >= 0.3 is 6.09 Å². The van der Waals surface area contributed by atoms with Crippen LogP contribution in [-0.4, -0.2) is 62.2 Å². The van der Waals surface area contributed by atoms with E-state index < -0.39 is 15.4 Å². The van der Waals surface area contributed by atoms with Crippen molar-refractivity contribution < 1.29 is 17.9 Å². The molecule has 0 aliphatic carbocycles. The van der Waals surface area contributed by atoms with Crippen molar-refractivity contribution >= 4 is 15.9 Å². The summed E-state index contributed by atoms with van der Waals surface area (Å²) in [5.74, 6) is 1.03. The lowest BCUT2D eigenvalue weighted by Gasteiger charge is -2.34. The van der Waals surface area contributed by atoms with Crippen molar-refractivity contribution in [1.82, 2.24) is 10.2 Å². The lowest BCUT2D eigenvalue weighted by Crippen LogP contribution is -2.43. The van der Waals surface area contributed by atoms with E-state index in [1.54, 1.807) is 4.90 Å². The summed E-state index contributed by atoms with van der Waals surface area (Å²) < 4.78 is 28.3. The molecule has 6 nitrogen and oxygen atoms in total. The zero-order chi connectivity index (χ0) is 17.1. The molecule has 0 radical (unpaired) electrons. The molecule has 0 aromatic rings. The van der Waals surface area contributed by atoms with Gasteiger partial charge in [-0.3, -0.25) is 0 Å². The Hall–Kier alpha value is -0.820. The predicted octanol–water partition coefficient (Wildman–Crippen LogP) is 1.80. The highest BCUT2D eigenvalue weighted by Crippen LogP contribution is 2.21. The first-order valence-corrected chi connectivity index (χ1v) is 10.4. The van der Waals surface area contributed by atoms with Crippen molar-refractivity contribution in [3.63, 3.8) is 0 Å². The van der Waals surface area contributed by atoms with Crippen LogP contribution >= 0.6 is 0 Å². The molecule has 1 N–H and O–H groups in total. The molecule has 0 saturated carbocycles. The highest BCUT2D eigenvalue weighted by molar-refractivity contribution is 7.91. The van der Waals surface area contributed by atoms with Gasteiger partial charge in [-0.2, -0.15) is 0 Å². The summed E-state index contributed by atoms with van der Waals surface area (Å²) in [7, 11) is -2.82. The number of amides is 1. The topological polar surface area (TPSA) is 75.7 Å². The number of nitrogens with one attached hydrogen (secondary N) is 1. The van der Waals surface area contributed by atoms with Gasteiger partial charge in [0.25, 0.3) is 0 Å². The summed E-state index contributed by atoms with van der Waals surface area (Å²) in [6.07, 6.45) is 3.58. The standard InChI is InChI=1S/C16H30N2O4S/c1-16(2,3)22-15(19)18-9-4-5-13(11-18)6-8-17-14-7-10-23(20,21)12-14/h13-14,17H,4-12H2,1-3H3. The number of ether oxygens (including phenoxy) is 1. The molecule has 2 atom stereocenters. The molecule has 2 fully saturated rings. The molecule has 1 amide bonds. The zero-order valence-electron chi connectivity index (χ0n) is 14.5. The highest BCUT2D eigenvalue weighted by atomic mass is 32.2. The average molecular weight is 346 g/mol. The van der Waals surface area contributed by atoms with Crippen molar-refractivity contribution in [1.29, 1.82) is 0 Å². The van der Waals surface area contributed by atoms with Gasteiger partial charge in [0, 0.05) is 19.1 Å². The number of likely N-dealkylation sites (tertiary alicyclic amines) is 1. The Labute approximate surface area is 139 Å².